The standard InChI is InChI=1S/C22H20Cl2O5/c1-13-5-7-17-15(10-21(26)29-22(17)14(13)2)12-28-20(25)4-3-9-27-19-8-6-16(23)11-18(19)24/h5-8,10-11H,3-4,9,12H2,1-2H3. The monoisotopic (exact) mass is 434 g/mol. The number of rotatable bonds is 7. The van der Waals surface area contributed by atoms with Gasteiger partial charge in [0.05, 0.1) is 11.6 Å². The minimum Gasteiger partial charge on any atom is -0.492 e. The van der Waals surface area contributed by atoms with Crippen molar-refractivity contribution in [2.24, 2.45) is 0 Å². The summed E-state index contributed by atoms with van der Waals surface area (Å²) in [5.41, 5.74) is 2.60. The highest BCUT2D eigenvalue weighted by molar-refractivity contribution is 6.35. The van der Waals surface area contributed by atoms with Crippen molar-refractivity contribution in [3.05, 3.63) is 73.6 Å². The number of carbonyl (C=O) groups is 1. The average Bonchev–Trinajstić information content (AvgIpc) is 2.68. The van der Waals surface area contributed by atoms with E-state index in [0.29, 0.717) is 40.0 Å². The Morgan fingerprint density at radius 2 is 1.90 bits per heavy atom. The van der Waals surface area contributed by atoms with E-state index >= 15 is 0 Å². The summed E-state index contributed by atoms with van der Waals surface area (Å²) in [5, 5.41) is 1.71. The Bertz CT molecular complexity index is 1100. The fourth-order valence-electron chi connectivity index (χ4n) is 2.87. The Morgan fingerprint density at radius 3 is 2.66 bits per heavy atom. The molecular formula is C22H20Cl2O5. The maximum absolute atomic E-state index is 12.1. The van der Waals surface area contributed by atoms with Gasteiger partial charge in [-0.3, -0.25) is 4.79 Å². The third-order valence-electron chi connectivity index (χ3n) is 4.58. The molecule has 3 rings (SSSR count). The molecule has 1 aromatic heterocycles. The number of esters is 1. The lowest BCUT2D eigenvalue weighted by Crippen LogP contribution is -2.09. The van der Waals surface area contributed by atoms with Gasteiger partial charge in [-0.05, 0) is 49.6 Å². The number of hydrogen-bond acceptors (Lipinski definition) is 5. The molecule has 0 amide bonds. The van der Waals surface area contributed by atoms with Crippen LogP contribution in [-0.4, -0.2) is 12.6 Å². The molecule has 1 heterocycles. The molecule has 0 spiro atoms. The lowest BCUT2D eigenvalue weighted by Gasteiger charge is -2.10. The molecule has 3 aromatic rings. The summed E-state index contributed by atoms with van der Waals surface area (Å²) < 4.78 is 16.2. The molecule has 0 bridgehead atoms. The van der Waals surface area contributed by atoms with Crippen molar-refractivity contribution in [1.29, 1.82) is 0 Å². The van der Waals surface area contributed by atoms with Gasteiger partial charge >= 0.3 is 11.6 Å². The average molecular weight is 435 g/mol. The van der Waals surface area contributed by atoms with Crippen molar-refractivity contribution in [3.63, 3.8) is 0 Å². The molecule has 5 nitrogen and oxygen atoms in total. The molecule has 0 atom stereocenters. The highest BCUT2D eigenvalue weighted by Gasteiger charge is 2.12. The first-order valence-electron chi connectivity index (χ1n) is 9.11. The summed E-state index contributed by atoms with van der Waals surface area (Å²) in [5.74, 6) is 0.138. The SMILES string of the molecule is Cc1ccc2c(COC(=O)CCCOc3ccc(Cl)cc3Cl)cc(=O)oc2c1C. The normalized spacial score (nSPS) is 10.9. The number of aryl methyl sites for hydroxylation is 2. The first-order valence-corrected chi connectivity index (χ1v) is 9.87. The summed E-state index contributed by atoms with van der Waals surface area (Å²) in [6.07, 6.45) is 0.649. The maximum Gasteiger partial charge on any atom is 0.336 e. The molecule has 152 valence electrons. The van der Waals surface area contributed by atoms with Crippen LogP contribution in [0.1, 0.15) is 29.5 Å². The number of halogens is 2. The molecule has 0 fully saturated rings. The minimum absolute atomic E-state index is 0.00725. The molecule has 29 heavy (non-hydrogen) atoms. The van der Waals surface area contributed by atoms with E-state index in [2.05, 4.69) is 0 Å². The molecule has 0 aliphatic rings. The number of fused-ring (bicyclic) bond motifs is 1. The number of benzene rings is 2. The first kappa shape index (κ1) is 21.2. The Labute approximate surface area is 178 Å². The van der Waals surface area contributed by atoms with Crippen LogP contribution in [0, 0.1) is 13.8 Å². The third kappa shape index (κ3) is 5.31. The fourth-order valence-corrected chi connectivity index (χ4v) is 3.33. The summed E-state index contributed by atoms with van der Waals surface area (Å²) in [6.45, 7) is 4.16. The second-order valence-electron chi connectivity index (χ2n) is 6.66. The molecule has 7 heteroatoms. The Balaban J connectivity index is 1.54. The zero-order valence-corrected chi connectivity index (χ0v) is 17.6. The van der Waals surface area contributed by atoms with Crippen LogP contribution in [0.25, 0.3) is 11.0 Å². The van der Waals surface area contributed by atoms with Crippen molar-refractivity contribution in [1.82, 2.24) is 0 Å². The molecule has 0 aliphatic heterocycles. The molecule has 0 aliphatic carbocycles. The van der Waals surface area contributed by atoms with Crippen LogP contribution in [0.2, 0.25) is 10.0 Å². The Morgan fingerprint density at radius 1 is 1.10 bits per heavy atom. The van der Waals surface area contributed by atoms with E-state index in [9.17, 15) is 9.59 Å². The molecule has 2 aromatic carbocycles. The number of carbonyl (C=O) groups excluding carboxylic acids is 1. The van der Waals surface area contributed by atoms with Gasteiger partial charge in [0.25, 0.3) is 0 Å². The minimum atomic E-state index is -0.467. The van der Waals surface area contributed by atoms with Crippen LogP contribution in [0.15, 0.2) is 45.6 Å². The largest absolute Gasteiger partial charge is 0.492 e. The van der Waals surface area contributed by atoms with Gasteiger partial charge < -0.3 is 13.9 Å². The maximum atomic E-state index is 12.1. The Kier molecular flexibility index (Phi) is 6.83. The smallest absolute Gasteiger partial charge is 0.336 e. The van der Waals surface area contributed by atoms with Crippen LogP contribution in [0.5, 0.6) is 5.75 Å². The van der Waals surface area contributed by atoms with Crippen molar-refractivity contribution in [2.75, 3.05) is 6.61 Å². The van der Waals surface area contributed by atoms with Gasteiger partial charge in [0.15, 0.2) is 0 Å². The predicted octanol–water partition coefficient (Wildman–Crippen LogP) is 5.62. The van der Waals surface area contributed by atoms with Crippen molar-refractivity contribution in [3.8, 4) is 5.75 Å². The molecule has 0 saturated carbocycles. The molecule has 0 N–H and O–H groups in total. The predicted molar refractivity (Wildman–Crippen MR) is 113 cm³/mol. The van der Waals surface area contributed by atoms with Crippen molar-refractivity contribution >= 4 is 40.1 Å². The van der Waals surface area contributed by atoms with E-state index in [1.54, 1.807) is 18.2 Å². The highest BCUT2D eigenvalue weighted by atomic mass is 35.5. The van der Waals surface area contributed by atoms with Crippen LogP contribution in [0.4, 0.5) is 0 Å². The van der Waals surface area contributed by atoms with E-state index < -0.39 is 5.63 Å². The van der Waals surface area contributed by atoms with Gasteiger partial charge in [-0.25, -0.2) is 4.79 Å². The lowest BCUT2D eigenvalue weighted by atomic mass is 10.0. The zero-order chi connectivity index (χ0) is 21.0. The van der Waals surface area contributed by atoms with E-state index in [0.717, 1.165) is 16.5 Å². The summed E-state index contributed by atoms with van der Waals surface area (Å²) in [6, 6.07) is 10.1. The lowest BCUT2D eigenvalue weighted by molar-refractivity contribution is -0.145. The van der Waals surface area contributed by atoms with Crippen molar-refractivity contribution in [2.45, 2.75) is 33.3 Å². The zero-order valence-electron chi connectivity index (χ0n) is 16.1. The topological polar surface area (TPSA) is 65.7 Å². The van der Waals surface area contributed by atoms with E-state index in [-0.39, 0.29) is 19.0 Å². The quantitative estimate of drug-likeness (QED) is 0.274. The number of hydrogen-bond donors (Lipinski definition) is 0. The molecule has 0 saturated heterocycles. The molecule has 0 unspecified atom stereocenters. The van der Waals surface area contributed by atoms with Crippen LogP contribution >= 0.6 is 23.2 Å². The fraction of sp³-hybridized carbons (Fsp3) is 0.273. The van der Waals surface area contributed by atoms with Gasteiger partial charge in [0, 0.05) is 28.5 Å². The van der Waals surface area contributed by atoms with Gasteiger partial charge in [-0.1, -0.05) is 35.3 Å². The molecule has 0 radical (unpaired) electrons. The summed E-state index contributed by atoms with van der Waals surface area (Å²) in [4.78, 5) is 23.9. The Hall–Kier alpha value is -2.50. The van der Waals surface area contributed by atoms with Crippen LogP contribution in [-0.2, 0) is 16.1 Å². The second kappa shape index (κ2) is 9.33. The first-order chi connectivity index (χ1) is 13.8. The van der Waals surface area contributed by atoms with E-state index in [1.165, 1.54) is 6.07 Å². The highest BCUT2D eigenvalue weighted by Crippen LogP contribution is 2.27. The van der Waals surface area contributed by atoms with Crippen molar-refractivity contribution < 1.29 is 18.7 Å². The molecular weight excluding hydrogens is 415 g/mol. The number of ether oxygens (including phenoxy) is 2. The second-order valence-corrected chi connectivity index (χ2v) is 7.51. The van der Waals surface area contributed by atoms with E-state index in [1.807, 2.05) is 26.0 Å². The summed E-state index contributed by atoms with van der Waals surface area (Å²) >= 11 is 11.9. The van der Waals surface area contributed by atoms with Gasteiger partial charge in [0.2, 0.25) is 0 Å². The van der Waals surface area contributed by atoms with E-state index in [4.69, 9.17) is 37.1 Å². The van der Waals surface area contributed by atoms with Gasteiger partial charge in [0.1, 0.15) is 17.9 Å². The van der Waals surface area contributed by atoms with Crippen LogP contribution in [0.3, 0.4) is 0 Å². The van der Waals surface area contributed by atoms with Gasteiger partial charge in [-0.15, -0.1) is 0 Å². The third-order valence-corrected chi connectivity index (χ3v) is 5.11. The van der Waals surface area contributed by atoms with Crippen LogP contribution < -0.4 is 10.4 Å². The summed E-state index contributed by atoms with van der Waals surface area (Å²) in [7, 11) is 0. The van der Waals surface area contributed by atoms with Gasteiger partial charge in [-0.2, -0.15) is 0 Å².